The first kappa shape index (κ1) is 37.6. The number of nitrogens with zero attached hydrogens (tertiary/aromatic N) is 2. The van der Waals surface area contributed by atoms with Gasteiger partial charge in [0.15, 0.2) is 0 Å². The monoisotopic (exact) mass is 564 g/mol. The Morgan fingerprint density at radius 2 is 1.63 bits per heavy atom. The largest absolute Gasteiger partial charge is 1.00 e. The fourth-order valence-corrected chi connectivity index (χ4v) is 5.92. The van der Waals surface area contributed by atoms with Crippen molar-refractivity contribution in [2.75, 3.05) is 33.2 Å². The minimum atomic E-state index is -4.15. The van der Waals surface area contributed by atoms with Crippen LogP contribution in [-0.4, -0.2) is 72.7 Å². The Labute approximate surface area is 256 Å². The fraction of sp³-hybridized carbons (Fsp3) is 0.862. The van der Waals surface area contributed by atoms with Gasteiger partial charge in [-0.2, -0.15) is 0 Å². The molecule has 0 fully saturated rings. The average Bonchev–Trinajstić information content (AvgIpc) is 3.20. The number of carbonyl (C=O) groups is 1. The summed E-state index contributed by atoms with van der Waals surface area (Å²) in [6, 6.07) is 0. The quantitative estimate of drug-likeness (QED) is 0.0677. The number of hydrogen-bond acceptors (Lipinski definition) is 5. The SMILES string of the molecule is CC/C=C/CCCCCCCC(=O)NCCN1CC[N+](C)=C1CCCCCCCCC(CC)S(=O)(=O)[O-].[Na+]. The van der Waals surface area contributed by atoms with Crippen molar-refractivity contribution < 1.29 is 51.9 Å². The van der Waals surface area contributed by atoms with Crippen LogP contribution in [0.2, 0.25) is 0 Å². The van der Waals surface area contributed by atoms with Gasteiger partial charge in [0.05, 0.1) is 23.7 Å². The normalized spacial score (nSPS) is 14.8. The molecule has 1 heterocycles. The van der Waals surface area contributed by atoms with Crippen molar-refractivity contribution in [1.29, 1.82) is 0 Å². The van der Waals surface area contributed by atoms with E-state index < -0.39 is 15.4 Å². The van der Waals surface area contributed by atoms with E-state index in [1.165, 1.54) is 31.5 Å². The molecule has 7 nitrogen and oxygen atoms in total. The molecule has 1 amide bonds. The van der Waals surface area contributed by atoms with Gasteiger partial charge >= 0.3 is 29.6 Å². The smallest absolute Gasteiger partial charge is 0.748 e. The van der Waals surface area contributed by atoms with Crippen molar-refractivity contribution >= 4 is 21.9 Å². The first-order valence-corrected chi connectivity index (χ1v) is 16.4. The van der Waals surface area contributed by atoms with Gasteiger partial charge in [0.2, 0.25) is 11.7 Å². The zero-order chi connectivity index (χ0) is 27.4. The minimum Gasteiger partial charge on any atom is -0.748 e. The summed E-state index contributed by atoms with van der Waals surface area (Å²) in [5.41, 5.74) is 0. The average molecular weight is 565 g/mol. The Bertz CT molecular complexity index is 787. The number of amides is 1. The molecule has 38 heavy (non-hydrogen) atoms. The maximum atomic E-state index is 12.2. The minimum absolute atomic E-state index is 0. The summed E-state index contributed by atoms with van der Waals surface area (Å²) >= 11 is 0. The molecule has 216 valence electrons. The van der Waals surface area contributed by atoms with E-state index >= 15 is 0 Å². The van der Waals surface area contributed by atoms with Crippen LogP contribution in [0.25, 0.3) is 0 Å². The van der Waals surface area contributed by atoms with Gasteiger partial charge in [-0.25, -0.2) is 8.42 Å². The van der Waals surface area contributed by atoms with Crippen LogP contribution >= 0.6 is 0 Å². The van der Waals surface area contributed by atoms with Crippen molar-refractivity contribution in [3.05, 3.63) is 12.2 Å². The van der Waals surface area contributed by atoms with Crippen molar-refractivity contribution in [2.24, 2.45) is 0 Å². The fourth-order valence-electron chi connectivity index (χ4n) is 5.06. The Hall–Kier alpha value is -0.410. The molecule has 0 aromatic heterocycles. The van der Waals surface area contributed by atoms with Crippen molar-refractivity contribution in [3.63, 3.8) is 0 Å². The number of likely N-dealkylation sites (N-methyl/N-ethyl adjacent to an activating group) is 1. The third-order valence-electron chi connectivity index (χ3n) is 7.43. The van der Waals surface area contributed by atoms with Gasteiger partial charge in [0.1, 0.15) is 19.6 Å². The van der Waals surface area contributed by atoms with Gasteiger partial charge in [0, 0.05) is 18.1 Å². The molecule has 0 aromatic carbocycles. The molecule has 1 rings (SSSR count). The number of rotatable bonds is 23. The molecule has 0 radical (unpaired) electrons. The van der Waals surface area contributed by atoms with E-state index in [0.717, 1.165) is 83.8 Å². The third-order valence-corrected chi connectivity index (χ3v) is 8.82. The molecule has 1 N–H and O–H groups in total. The molecular formula is C29H55N3NaO4S+. The predicted octanol–water partition coefficient (Wildman–Crippen LogP) is 2.60. The van der Waals surface area contributed by atoms with E-state index in [4.69, 9.17) is 0 Å². The molecule has 0 aliphatic carbocycles. The number of hydrogen-bond donors (Lipinski definition) is 1. The zero-order valence-corrected chi connectivity index (χ0v) is 27.8. The van der Waals surface area contributed by atoms with Crippen LogP contribution < -0.4 is 34.9 Å². The van der Waals surface area contributed by atoms with Crippen LogP contribution in [0.3, 0.4) is 0 Å². The number of nitrogens with one attached hydrogen (secondary N) is 1. The maximum Gasteiger partial charge on any atom is 1.00 e. The summed E-state index contributed by atoms with van der Waals surface area (Å²) in [7, 11) is -1.99. The van der Waals surface area contributed by atoms with Crippen LogP contribution in [0.15, 0.2) is 12.2 Å². The number of carbonyl (C=O) groups excluding carboxylic acids is 1. The van der Waals surface area contributed by atoms with E-state index in [1.807, 2.05) is 0 Å². The third kappa shape index (κ3) is 18.0. The maximum absolute atomic E-state index is 12.2. The van der Waals surface area contributed by atoms with E-state index in [2.05, 4.69) is 40.9 Å². The molecule has 1 aliphatic rings. The van der Waals surface area contributed by atoms with E-state index in [9.17, 15) is 17.8 Å². The topological polar surface area (TPSA) is 92.6 Å². The predicted molar refractivity (Wildman–Crippen MR) is 153 cm³/mol. The zero-order valence-electron chi connectivity index (χ0n) is 25.0. The number of unbranched alkanes of at least 4 members (excludes halogenated alkanes) is 10. The molecule has 0 saturated heterocycles. The second-order valence-electron chi connectivity index (χ2n) is 10.5. The van der Waals surface area contributed by atoms with Crippen LogP contribution in [0, 0.1) is 0 Å². The van der Waals surface area contributed by atoms with Crippen LogP contribution in [-0.2, 0) is 14.9 Å². The van der Waals surface area contributed by atoms with Crippen LogP contribution in [0.4, 0.5) is 0 Å². The molecule has 0 aromatic rings. The summed E-state index contributed by atoms with van der Waals surface area (Å²) in [6.45, 7) is 7.58. The molecule has 1 atom stereocenters. The molecule has 0 spiro atoms. The first-order valence-electron chi connectivity index (χ1n) is 15.0. The van der Waals surface area contributed by atoms with Crippen LogP contribution in [0.5, 0.6) is 0 Å². The molecule has 0 saturated carbocycles. The molecular weight excluding hydrogens is 509 g/mol. The number of amidine groups is 1. The summed E-state index contributed by atoms with van der Waals surface area (Å²) in [5.74, 6) is 1.56. The first-order chi connectivity index (χ1) is 17.8. The van der Waals surface area contributed by atoms with Gasteiger partial charge < -0.3 is 9.87 Å². The Morgan fingerprint density at radius 3 is 2.29 bits per heavy atom. The molecule has 1 unspecified atom stereocenters. The summed E-state index contributed by atoms with van der Waals surface area (Å²) in [5, 5.41) is 2.39. The van der Waals surface area contributed by atoms with Crippen molar-refractivity contribution in [3.8, 4) is 0 Å². The summed E-state index contributed by atoms with van der Waals surface area (Å²) in [4.78, 5) is 14.6. The molecule has 9 heteroatoms. The standard InChI is InChI=1S/C29H55N3O4S.Na/c1-4-6-7-8-9-10-11-15-18-21-28(33)30-23-24-32-26-25-31(3)29(32)22-19-16-13-12-14-17-20-27(5-2)37(34,35)36;/h6-7,27H,4-5,8-26H2,1-3H3,(H-,30,33,34,35,36);/q;+1/b7-6+;. The Morgan fingerprint density at radius 1 is 1.00 bits per heavy atom. The van der Waals surface area contributed by atoms with Gasteiger partial charge in [-0.1, -0.05) is 77.4 Å². The summed E-state index contributed by atoms with van der Waals surface area (Å²) in [6.07, 6.45) is 21.6. The van der Waals surface area contributed by atoms with Gasteiger partial charge in [-0.05, 0) is 44.9 Å². The Kier molecular flexibility index (Phi) is 23.1. The van der Waals surface area contributed by atoms with E-state index in [-0.39, 0.29) is 35.5 Å². The van der Waals surface area contributed by atoms with Crippen molar-refractivity contribution in [1.82, 2.24) is 10.2 Å². The van der Waals surface area contributed by atoms with Gasteiger partial charge in [-0.15, -0.1) is 0 Å². The van der Waals surface area contributed by atoms with Gasteiger partial charge in [-0.3, -0.25) is 14.3 Å². The van der Waals surface area contributed by atoms with E-state index in [0.29, 0.717) is 25.8 Å². The molecule has 0 bridgehead atoms. The van der Waals surface area contributed by atoms with Crippen molar-refractivity contribution in [2.45, 2.75) is 128 Å². The Balaban J connectivity index is 0.0000137. The second-order valence-corrected chi connectivity index (χ2v) is 12.2. The van der Waals surface area contributed by atoms with Crippen LogP contribution in [0.1, 0.15) is 123 Å². The molecule has 1 aliphatic heterocycles. The summed E-state index contributed by atoms with van der Waals surface area (Å²) < 4.78 is 35.8. The van der Waals surface area contributed by atoms with E-state index in [1.54, 1.807) is 6.92 Å². The second kappa shape index (κ2) is 23.3. The number of allylic oxidation sites excluding steroid dienone is 2. The van der Waals surface area contributed by atoms with Gasteiger partial charge in [0.25, 0.3) is 0 Å².